The number of benzene rings is 1. The molecule has 1 aromatic rings. The quantitative estimate of drug-likeness (QED) is 0.316. The molecule has 3 N–H and O–H groups in total. The number of nitrogens with two attached hydrogens (primary N) is 1. The molecule has 0 unspecified atom stereocenters. The van der Waals surface area contributed by atoms with E-state index in [0.717, 1.165) is 5.56 Å². The van der Waals surface area contributed by atoms with Crippen LogP contribution in [-0.2, 0) is 6.42 Å². The monoisotopic (exact) mass is 176 g/mol. The third-order valence-electron chi connectivity index (χ3n) is 1.73. The van der Waals surface area contributed by atoms with Crippen LogP contribution in [0, 0.1) is 0 Å². The van der Waals surface area contributed by atoms with Gasteiger partial charge in [0.1, 0.15) is 5.75 Å². The number of hydrazone groups is 1. The zero-order valence-electron chi connectivity index (χ0n) is 7.27. The second-order valence-corrected chi connectivity index (χ2v) is 2.63. The van der Waals surface area contributed by atoms with Gasteiger partial charge < -0.3 is 10.9 Å². The summed E-state index contributed by atoms with van der Waals surface area (Å²) in [7, 11) is 0. The molecule has 3 heteroatoms. The molecule has 0 amide bonds. The fourth-order valence-electron chi connectivity index (χ4n) is 1.12. The maximum Gasteiger partial charge on any atom is 0.127 e. The van der Waals surface area contributed by atoms with E-state index in [0.29, 0.717) is 12.0 Å². The second kappa shape index (κ2) is 4.30. The number of phenolic OH excluding ortho intramolecular Hbond substituents is 1. The van der Waals surface area contributed by atoms with Gasteiger partial charge >= 0.3 is 0 Å². The van der Waals surface area contributed by atoms with E-state index in [1.807, 2.05) is 12.1 Å². The van der Waals surface area contributed by atoms with Crippen LogP contribution in [0.2, 0.25) is 0 Å². The Morgan fingerprint density at radius 2 is 2.31 bits per heavy atom. The van der Waals surface area contributed by atoms with Gasteiger partial charge in [-0.25, -0.2) is 0 Å². The predicted octanol–water partition coefficient (Wildman–Crippen LogP) is 1.41. The summed E-state index contributed by atoms with van der Waals surface area (Å²) in [6.45, 7) is 3.60. The van der Waals surface area contributed by atoms with Gasteiger partial charge in [0.15, 0.2) is 0 Å². The second-order valence-electron chi connectivity index (χ2n) is 2.63. The molecule has 0 aliphatic heterocycles. The minimum Gasteiger partial charge on any atom is -0.507 e. The summed E-state index contributed by atoms with van der Waals surface area (Å²) < 4.78 is 0. The molecule has 0 atom stereocenters. The molecule has 0 radical (unpaired) electrons. The minimum absolute atomic E-state index is 0.219. The first-order valence-corrected chi connectivity index (χ1v) is 3.94. The highest BCUT2D eigenvalue weighted by atomic mass is 16.3. The normalized spacial score (nSPS) is 10.5. The molecule has 0 heterocycles. The van der Waals surface area contributed by atoms with Crippen LogP contribution in [0.4, 0.5) is 0 Å². The summed E-state index contributed by atoms with van der Waals surface area (Å²) in [6, 6.07) is 5.43. The smallest absolute Gasteiger partial charge is 0.127 e. The first kappa shape index (κ1) is 9.32. The molecule has 68 valence electrons. The number of hydrogen-bond acceptors (Lipinski definition) is 3. The summed E-state index contributed by atoms with van der Waals surface area (Å²) >= 11 is 0. The standard InChI is InChI=1S/C10H12N2O/c1-2-4-8-5-3-6-9(7-12-11)10(8)13/h2-3,5-7,13H,1,4,11H2/b12-7+. The zero-order chi connectivity index (χ0) is 9.68. The van der Waals surface area contributed by atoms with Gasteiger partial charge in [-0.05, 0) is 18.1 Å². The van der Waals surface area contributed by atoms with Gasteiger partial charge in [0, 0.05) is 5.56 Å². The number of hydrogen-bond donors (Lipinski definition) is 2. The Labute approximate surface area is 77.2 Å². The maximum absolute atomic E-state index is 9.66. The number of para-hydroxylation sites is 1. The van der Waals surface area contributed by atoms with Crippen molar-refractivity contribution in [3.63, 3.8) is 0 Å². The lowest BCUT2D eigenvalue weighted by Gasteiger charge is -2.03. The van der Waals surface area contributed by atoms with Crippen molar-refractivity contribution in [2.24, 2.45) is 10.9 Å². The van der Waals surface area contributed by atoms with Crippen molar-refractivity contribution in [3.05, 3.63) is 42.0 Å². The Kier molecular flexibility index (Phi) is 3.09. The van der Waals surface area contributed by atoms with Gasteiger partial charge in [-0.3, -0.25) is 0 Å². The molecule has 0 aliphatic carbocycles. The Bertz CT molecular complexity index is 332. The largest absolute Gasteiger partial charge is 0.507 e. The molecule has 1 aromatic carbocycles. The lowest BCUT2D eigenvalue weighted by molar-refractivity contribution is 0.469. The Balaban J connectivity index is 3.09. The van der Waals surface area contributed by atoms with Crippen molar-refractivity contribution in [2.75, 3.05) is 0 Å². The highest BCUT2D eigenvalue weighted by Crippen LogP contribution is 2.21. The summed E-state index contributed by atoms with van der Waals surface area (Å²) in [5, 5.41) is 13.0. The molecular formula is C10H12N2O. The van der Waals surface area contributed by atoms with E-state index in [2.05, 4.69) is 11.7 Å². The fourth-order valence-corrected chi connectivity index (χ4v) is 1.12. The molecule has 0 aromatic heterocycles. The first-order valence-electron chi connectivity index (χ1n) is 3.94. The van der Waals surface area contributed by atoms with Crippen molar-refractivity contribution in [1.82, 2.24) is 0 Å². The number of nitrogens with zero attached hydrogens (tertiary/aromatic N) is 1. The van der Waals surface area contributed by atoms with Gasteiger partial charge in [-0.1, -0.05) is 18.2 Å². The van der Waals surface area contributed by atoms with E-state index in [-0.39, 0.29) is 5.75 Å². The third-order valence-corrected chi connectivity index (χ3v) is 1.73. The summed E-state index contributed by atoms with van der Waals surface area (Å²) in [4.78, 5) is 0. The van der Waals surface area contributed by atoms with Crippen molar-refractivity contribution < 1.29 is 5.11 Å². The molecular weight excluding hydrogens is 164 g/mol. The topological polar surface area (TPSA) is 58.6 Å². The van der Waals surface area contributed by atoms with Gasteiger partial charge in [0.2, 0.25) is 0 Å². The summed E-state index contributed by atoms with van der Waals surface area (Å²) in [6.07, 6.45) is 3.79. The van der Waals surface area contributed by atoms with E-state index in [9.17, 15) is 5.11 Å². The summed E-state index contributed by atoms with van der Waals surface area (Å²) in [5.41, 5.74) is 1.45. The van der Waals surface area contributed by atoms with Crippen molar-refractivity contribution in [3.8, 4) is 5.75 Å². The molecule has 0 saturated heterocycles. The fraction of sp³-hybridized carbons (Fsp3) is 0.100. The SMILES string of the molecule is C=CCc1cccc(/C=N/N)c1O. The van der Waals surface area contributed by atoms with Gasteiger partial charge in [-0.2, -0.15) is 5.10 Å². The third kappa shape index (κ3) is 2.08. The first-order chi connectivity index (χ1) is 6.29. The van der Waals surface area contributed by atoms with E-state index in [1.165, 1.54) is 6.21 Å². The Morgan fingerprint density at radius 1 is 1.54 bits per heavy atom. The molecule has 0 saturated carbocycles. The predicted molar refractivity (Wildman–Crippen MR) is 53.8 cm³/mol. The van der Waals surface area contributed by atoms with E-state index >= 15 is 0 Å². The molecule has 0 fully saturated rings. The average molecular weight is 176 g/mol. The van der Waals surface area contributed by atoms with Crippen molar-refractivity contribution in [1.29, 1.82) is 0 Å². The lowest BCUT2D eigenvalue weighted by atomic mass is 10.1. The van der Waals surface area contributed by atoms with Crippen molar-refractivity contribution in [2.45, 2.75) is 6.42 Å². The van der Waals surface area contributed by atoms with Crippen LogP contribution in [0.1, 0.15) is 11.1 Å². The van der Waals surface area contributed by atoms with Crippen molar-refractivity contribution >= 4 is 6.21 Å². The summed E-state index contributed by atoms with van der Waals surface area (Å²) in [5.74, 6) is 5.21. The van der Waals surface area contributed by atoms with Gasteiger partial charge in [0.25, 0.3) is 0 Å². The number of phenols is 1. The van der Waals surface area contributed by atoms with Crippen LogP contribution >= 0.6 is 0 Å². The zero-order valence-corrected chi connectivity index (χ0v) is 7.27. The van der Waals surface area contributed by atoms with Gasteiger partial charge in [0.05, 0.1) is 6.21 Å². The maximum atomic E-state index is 9.66. The van der Waals surface area contributed by atoms with Crippen LogP contribution in [-0.4, -0.2) is 11.3 Å². The van der Waals surface area contributed by atoms with Gasteiger partial charge in [-0.15, -0.1) is 6.58 Å². The van der Waals surface area contributed by atoms with Crippen LogP contribution in [0.25, 0.3) is 0 Å². The lowest BCUT2D eigenvalue weighted by Crippen LogP contribution is -1.90. The van der Waals surface area contributed by atoms with Crippen LogP contribution in [0.15, 0.2) is 36.0 Å². The minimum atomic E-state index is 0.219. The molecule has 0 aliphatic rings. The Hall–Kier alpha value is -1.77. The molecule has 1 rings (SSSR count). The van der Waals surface area contributed by atoms with Crippen LogP contribution in [0.3, 0.4) is 0 Å². The number of allylic oxidation sites excluding steroid dienone is 1. The Morgan fingerprint density at radius 3 is 2.92 bits per heavy atom. The van der Waals surface area contributed by atoms with E-state index in [1.54, 1.807) is 12.1 Å². The van der Waals surface area contributed by atoms with Crippen LogP contribution < -0.4 is 5.84 Å². The van der Waals surface area contributed by atoms with Crippen LogP contribution in [0.5, 0.6) is 5.75 Å². The average Bonchev–Trinajstić information content (AvgIpc) is 2.13. The highest BCUT2D eigenvalue weighted by molar-refractivity contribution is 5.83. The van der Waals surface area contributed by atoms with E-state index < -0.39 is 0 Å². The highest BCUT2D eigenvalue weighted by Gasteiger charge is 2.02. The number of aromatic hydroxyl groups is 1. The molecule has 13 heavy (non-hydrogen) atoms. The van der Waals surface area contributed by atoms with E-state index in [4.69, 9.17) is 5.84 Å². The molecule has 3 nitrogen and oxygen atoms in total. The molecule has 0 spiro atoms. The molecule has 0 bridgehead atoms. The number of rotatable bonds is 3.